The molecular weight excluding hydrogens is 410 g/mol. The summed E-state index contributed by atoms with van der Waals surface area (Å²) in [6.45, 7) is 0. The monoisotopic (exact) mass is 429 g/mol. The van der Waals surface area contributed by atoms with Crippen molar-refractivity contribution in [1.82, 2.24) is 9.97 Å². The lowest BCUT2D eigenvalue weighted by Crippen LogP contribution is -2.15. The average Bonchev–Trinajstić information content (AvgIpc) is 3.33. The molecule has 0 bridgehead atoms. The zero-order chi connectivity index (χ0) is 21.6. The van der Waals surface area contributed by atoms with Crippen LogP contribution in [-0.4, -0.2) is 28.8 Å². The molecule has 0 spiro atoms. The van der Waals surface area contributed by atoms with E-state index in [4.69, 9.17) is 0 Å². The van der Waals surface area contributed by atoms with Crippen LogP contribution in [0.1, 0.15) is 20.7 Å². The molecule has 0 saturated carbocycles. The summed E-state index contributed by atoms with van der Waals surface area (Å²) in [6, 6.07) is 20.0. The molecular formula is C23H19N5O2S. The Kier molecular flexibility index (Phi) is 6.00. The summed E-state index contributed by atoms with van der Waals surface area (Å²) in [4.78, 5) is 35.1. The number of hydrogen-bond donors (Lipinski definition) is 2. The van der Waals surface area contributed by atoms with Crippen molar-refractivity contribution in [2.45, 2.75) is 0 Å². The summed E-state index contributed by atoms with van der Waals surface area (Å²) >= 11 is 1.35. The van der Waals surface area contributed by atoms with Crippen molar-refractivity contribution in [3.05, 3.63) is 95.6 Å². The van der Waals surface area contributed by atoms with Crippen LogP contribution in [0.2, 0.25) is 0 Å². The molecule has 2 aromatic heterocycles. The van der Waals surface area contributed by atoms with Crippen LogP contribution in [0.25, 0.3) is 0 Å². The van der Waals surface area contributed by atoms with Crippen molar-refractivity contribution in [2.24, 2.45) is 0 Å². The van der Waals surface area contributed by atoms with Crippen molar-refractivity contribution in [3.63, 3.8) is 0 Å². The van der Waals surface area contributed by atoms with Gasteiger partial charge < -0.3 is 10.2 Å². The summed E-state index contributed by atoms with van der Waals surface area (Å²) < 4.78 is 0. The van der Waals surface area contributed by atoms with Crippen molar-refractivity contribution < 1.29 is 9.59 Å². The number of para-hydroxylation sites is 1. The van der Waals surface area contributed by atoms with E-state index in [1.54, 1.807) is 54.2 Å². The number of aromatic nitrogens is 2. The first-order valence-corrected chi connectivity index (χ1v) is 10.4. The molecule has 0 aliphatic carbocycles. The Labute approximate surface area is 183 Å². The van der Waals surface area contributed by atoms with E-state index in [0.29, 0.717) is 21.9 Å². The van der Waals surface area contributed by atoms with Crippen LogP contribution in [0.4, 0.5) is 22.3 Å². The third-order valence-corrected chi connectivity index (χ3v) is 5.24. The van der Waals surface area contributed by atoms with Gasteiger partial charge in [0, 0.05) is 41.8 Å². The van der Waals surface area contributed by atoms with Crippen LogP contribution in [0, 0.1) is 0 Å². The van der Waals surface area contributed by atoms with Crippen LogP contribution in [-0.2, 0) is 0 Å². The van der Waals surface area contributed by atoms with Gasteiger partial charge in [0.1, 0.15) is 5.82 Å². The van der Waals surface area contributed by atoms with Gasteiger partial charge in [-0.2, -0.15) is 0 Å². The Morgan fingerprint density at radius 3 is 2.19 bits per heavy atom. The minimum atomic E-state index is -0.276. The third-order valence-electron chi connectivity index (χ3n) is 4.55. The Morgan fingerprint density at radius 1 is 0.839 bits per heavy atom. The number of pyridine rings is 1. The standard InChI is InChI=1S/C23H19N5O2S/c1-28(19-5-3-2-4-6-19)20-12-9-17(15-25-20)22(30)26-18-10-7-16(8-11-18)21(29)27-23-24-13-14-31-23/h2-15H,1H3,(H,26,30)(H,24,27,29). The zero-order valence-corrected chi connectivity index (χ0v) is 17.5. The quantitative estimate of drug-likeness (QED) is 0.459. The second kappa shape index (κ2) is 9.19. The second-order valence-corrected chi connectivity index (χ2v) is 7.52. The number of carbonyl (C=O) groups excluding carboxylic acids is 2. The maximum atomic E-state index is 12.5. The SMILES string of the molecule is CN(c1ccccc1)c1ccc(C(=O)Nc2ccc(C(=O)Nc3nccs3)cc2)cn1. The lowest BCUT2D eigenvalue weighted by molar-refractivity contribution is 0.101. The molecule has 0 fully saturated rings. The second-order valence-electron chi connectivity index (χ2n) is 6.62. The van der Waals surface area contributed by atoms with E-state index < -0.39 is 0 Å². The van der Waals surface area contributed by atoms with Crippen molar-refractivity contribution in [1.29, 1.82) is 0 Å². The number of nitrogens with one attached hydrogen (secondary N) is 2. The Morgan fingerprint density at radius 2 is 1.55 bits per heavy atom. The molecule has 4 rings (SSSR count). The van der Waals surface area contributed by atoms with Crippen molar-refractivity contribution >= 4 is 45.5 Å². The summed E-state index contributed by atoms with van der Waals surface area (Å²) in [5.41, 5.74) is 2.51. The fourth-order valence-electron chi connectivity index (χ4n) is 2.87. The molecule has 0 radical (unpaired) electrons. The number of anilines is 4. The number of amides is 2. The van der Waals surface area contributed by atoms with Gasteiger partial charge in [0.15, 0.2) is 5.13 Å². The van der Waals surface area contributed by atoms with E-state index >= 15 is 0 Å². The first kappa shape index (κ1) is 20.2. The van der Waals surface area contributed by atoms with Crippen molar-refractivity contribution in [2.75, 3.05) is 22.6 Å². The predicted molar refractivity (Wildman–Crippen MR) is 123 cm³/mol. The molecule has 7 nitrogen and oxygen atoms in total. The molecule has 2 aromatic carbocycles. The largest absolute Gasteiger partial charge is 0.329 e. The first-order valence-electron chi connectivity index (χ1n) is 9.47. The number of thiazole rings is 1. The van der Waals surface area contributed by atoms with Gasteiger partial charge in [0.25, 0.3) is 11.8 Å². The molecule has 0 unspecified atom stereocenters. The van der Waals surface area contributed by atoms with Crippen LogP contribution in [0.15, 0.2) is 84.5 Å². The van der Waals surface area contributed by atoms with Gasteiger partial charge in [-0.05, 0) is 48.5 Å². The highest BCUT2D eigenvalue weighted by Gasteiger charge is 2.11. The average molecular weight is 430 g/mol. The maximum absolute atomic E-state index is 12.5. The molecule has 31 heavy (non-hydrogen) atoms. The van der Waals surface area contributed by atoms with Gasteiger partial charge in [-0.1, -0.05) is 18.2 Å². The highest BCUT2D eigenvalue weighted by atomic mass is 32.1. The van der Waals surface area contributed by atoms with Crippen LogP contribution in [0.3, 0.4) is 0 Å². The number of nitrogens with zero attached hydrogens (tertiary/aromatic N) is 3. The van der Waals surface area contributed by atoms with E-state index in [1.807, 2.05) is 42.3 Å². The normalized spacial score (nSPS) is 10.4. The van der Waals surface area contributed by atoms with Gasteiger partial charge in [-0.3, -0.25) is 14.9 Å². The predicted octanol–water partition coefficient (Wildman–Crippen LogP) is 4.81. The molecule has 0 atom stereocenters. The molecule has 0 saturated heterocycles. The smallest absolute Gasteiger partial charge is 0.257 e. The topological polar surface area (TPSA) is 87.2 Å². The summed E-state index contributed by atoms with van der Waals surface area (Å²) in [6.07, 6.45) is 3.17. The number of carbonyl (C=O) groups is 2. The number of benzene rings is 2. The van der Waals surface area contributed by atoms with Gasteiger partial charge >= 0.3 is 0 Å². The Hall–Kier alpha value is -4.04. The fourth-order valence-corrected chi connectivity index (χ4v) is 3.39. The van der Waals surface area contributed by atoms with E-state index in [2.05, 4.69) is 20.6 Å². The Balaban J connectivity index is 1.38. The number of rotatable bonds is 6. The molecule has 0 aliphatic heterocycles. The van der Waals surface area contributed by atoms with Gasteiger partial charge in [0.05, 0.1) is 5.56 Å². The van der Waals surface area contributed by atoms with Gasteiger partial charge in [-0.15, -0.1) is 11.3 Å². The third kappa shape index (κ3) is 4.93. The molecule has 2 heterocycles. The lowest BCUT2D eigenvalue weighted by atomic mass is 10.2. The molecule has 0 aliphatic rings. The maximum Gasteiger partial charge on any atom is 0.257 e. The van der Waals surface area contributed by atoms with E-state index in [0.717, 1.165) is 11.5 Å². The number of hydrogen-bond acceptors (Lipinski definition) is 6. The highest BCUT2D eigenvalue weighted by Crippen LogP contribution is 2.21. The van der Waals surface area contributed by atoms with Gasteiger partial charge in [-0.25, -0.2) is 9.97 Å². The van der Waals surface area contributed by atoms with E-state index in [1.165, 1.54) is 11.3 Å². The van der Waals surface area contributed by atoms with E-state index in [-0.39, 0.29) is 11.8 Å². The summed E-state index contributed by atoms with van der Waals surface area (Å²) in [5, 5.41) is 7.86. The summed E-state index contributed by atoms with van der Waals surface area (Å²) in [5.74, 6) is 0.204. The minimum Gasteiger partial charge on any atom is -0.329 e. The molecule has 154 valence electrons. The van der Waals surface area contributed by atoms with Gasteiger partial charge in [0.2, 0.25) is 0 Å². The molecule has 4 aromatic rings. The fraction of sp³-hybridized carbons (Fsp3) is 0.0435. The zero-order valence-electron chi connectivity index (χ0n) is 16.6. The molecule has 2 N–H and O–H groups in total. The van der Waals surface area contributed by atoms with Crippen molar-refractivity contribution in [3.8, 4) is 0 Å². The van der Waals surface area contributed by atoms with Crippen LogP contribution < -0.4 is 15.5 Å². The minimum absolute atomic E-state index is 0.254. The van der Waals surface area contributed by atoms with Crippen LogP contribution in [0.5, 0.6) is 0 Å². The lowest BCUT2D eigenvalue weighted by Gasteiger charge is -2.18. The highest BCUT2D eigenvalue weighted by molar-refractivity contribution is 7.13. The molecule has 8 heteroatoms. The first-order chi connectivity index (χ1) is 15.1. The molecule has 2 amide bonds. The van der Waals surface area contributed by atoms with Crippen LogP contribution >= 0.6 is 11.3 Å². The van der Waals surface area contributed by atoms with E-state index in [9.17, 15) is 9.59 Å². The summed E-state index contributed by atoms with van der Waals surface area (Å²) in [7, 11) is 1.92. The Bertz CT molecular complexity index is 1160.